The summed E-state index contributed by atoms with van der Waals surface area (Å²) in [6.45, 7) is 8.46. The van der Waals surface area contributed by atoms with Crippen LogP contribution in [0.1, 0.15) is 32.3 Å². The van der Waals surface area contributed by atoms with Crippen LogP contribution in [-0.4, -0.2) is 37.2 Å². The number of ether oxygens (including phenoxy) is 1. The Bertz CT molecular complexity index is 380. The van der Waals surface area contributed by atoms with Crippen LogP contribution in [-0.2, 0) is 6.54 Å². The molecule has 1 N–H and O–H groups in total. The van der Waals surface area contributed by atoms with Gasteiger partial charge in [-0.05, 0) is 51.4 Å². The molecule has 19 heavy (non-hydrogen) atoms. The molecular weight excluding hydrogens is 236 g/mol. The summed E-state index contributed by atoms with van der Waals surface area (Å²) in [6.07, 6.45) is 2.45. The number of nitrogens with zero attached hydrogens (tertiary/aromatic N) is 1. The first-order chi connectivity index (χ1) is 9.15. The van der Waals surface area contributed by atoms with Crippen LogP contribution in [0.5, 0.6) is 5.75 Å². The van der Waals surface area contributed by atoms with E-state index in [-0.39, 0.29) is 0 Å². The third kappa shape index (κ3) is 3.95. The molecule has 0 atom stereocenters. The average Bonchev–Trinajstić information content (AvgIpc) is 2.44. The van der Waals surface area contributed by atoms with Gasteiger partial charge in [0.1, 0.15) is 5.75 Å². The summed E-state index contributed by atoms with van der Waals surface area (Å²) in [5.41, 5.74) is 1.70. The summed E-state index contributed by atoms with van der Waals surface area (Å²) >= 11 is 0. The number of benzene rings is 1. The lowest BCUT2D eigenvalue weighted by Crippen LogP contribution is -2.49. The van der Waals surface area contributed by atoms with Gasteiger partial charge in [0.2, 0.25) is 0 Å². The van der Waals surface area contributed by atoms with Crippen molar-refractivity contribution in [1.29, 1.82) is 0 Å². The van der Waals surface area contributed by atoms with Crippen molar-refractivity contribution < 1.29 is 4.74 Å². The lowest BCUT2D eigenvalue weighted by atomic mass is 9.90. The number of nitrogens with one attached hydrogen (secondary N) is 1. The molecule has 0 radical (unpaired) electrons. The van der Waals surface area contributed by atoms with Crippen LogP contribution in [0, 0.1) is 0 Å². The first-order valence-corrected chi connectivity index (χ1v) is 7.28. The topological polar surface area (TPSA) is 24.5 Å². The molecule has 1 saturated heterocycles. The molecular formula is C16H26N2O. The molecule has 1 heterocycles. The van der Waals surface area contributed by atoms with E-state index in [1.165, 1.54) is 31.5 Å². The number of piperidine rings is 1. The lowest BCUT2D eigenvalue weighted by molar-refractivity contribution is 0.146. The van der Waals surface area contributed by atoms with E-state index in [1.54, 1.807) is 0 Å². The van der Waals surface area contributed by atoms with Crippen LogP contribution in [0.3, 0.4) is 0 Å². The van der Waals surface area contributed by atoms with Gasteiger partial charge in [0.25, 0.3) is 0 Å². The zero-order valence-electron chi connectivity index (χ0n) is 12.4. The largest absolute Gasteiger partial charge is 0.494 e. The molecule has 0 bridgehead atoms. The van der Waals surface area contributed by atoms with Crippen LogP contribution in [0.4, 0.5) is 0 Å². The Morgan fingerprint density at radius 1 is 1.21 bits per heavy atom. The maximum atomic E-state index is 5.47. The van der Waals surface area contributed by atoms with Crippen LogP contribution in [0.2, 0.25) is 0 Å². The Labute approximate surface area is 116 Å². The SMILES string of the molecule is CCOc1ccc(CN2CCC(C)(NC)CC2)cc1. The smallest absolute Gasteiger partial charge is 0.119 e. The highest BCUT2D eigenvalue weighted by Crippen LogP contribution is 2.22. The minimum absolute atomic E-state index is 0.329. The van der Waals surface area contributed by atoms with Crippen molar-refractivity contribution in [1.82, 2.24) is 10.2 Å². The molecule has 0 aliphatic carbocycles. The molecule has 1 aromatic carbocycles. The van der Waals surface area contributed by atoms with E-state index >= 15 is 0 Å². The van der Waals surface area contributed by atoms with E-state index in [1.807, 2.05) is 6.92 Å². The quantitative estimate of drug-likeness (QED) is 0.883. The zero-order chi connectivity index (χ0) is 13.7. The van der Waals surface area contributed by atoms with Crippen LogP contribution >= 0.6 is 0 Å². The maximum absolute atomic E-state index is 5.47. The molecule has 3 heteroatoms. The van der Waals surface area contributed by atoms with Crippen molar-refractivity contribution in [2.45, 2.75) is 38.8 Å². The van der Waals surface area contributed by atoms with Gasteiger partial charge in [-0.1, -0.05) is 12.1 Å². The maximum Gasteiger partial charge on any atom is 0.119 e. The second kappa shape index (κ2) is 6.40. The summed E-state index contributed by atoms with van der Waals surface area (Å²) in [4.78, 5) is 2.54. The van der Waals surface area contributed by atoms with Crippen LogP contribution < -0.4 is 10.1 Å². The summed E-state index contributed by atoms with van der Waals surface area (Å²) < 4.78 is 5.47. The van der Waals surface area contributed by atoms with Gasteiger partial charge in [0.05, 0.1) is 6.61 Å². The van der Waals surface area contributed by atoms with Crippen molar-refractivity contribution in [3.8, 4) is 5.75 Å². The molecule has 1 aliphatic rings. The Hall–Kier alpha value is -1.06. The Balaban J connectivity index is 1.85. The fourth-order valence-electron chi connectivity index (χ4n) is 2.57. The fraction of sp³-hybridized carbons (Fsp3) is 0.625. The average molecular weight is 262 g/mol. The van der Waals surface area contributed by atoms with Crippen molar-refractivity contribution in [3.63, 3.8) is 0 Å². The Morgan fingerprint density at radius 2 is 1.84 bits per heavy atom. The minimum Gasteiger partial charge on any atom is -0.494 e. The third-order valence-corrected chi connectivity index (χ3v) is 4.20. The molecule has 0 amide bonds. The molecule has 1 aliphatic heterocycles. The predicted octanol–water partition coefficient (Wildman–Crippen LogP) is 2.66. The van der Waals surface area contributed by atoms with Crippen molar-refractivity contribution in [2.75, 3.05) is 26.7 Å². The van der Waals surface area contributed by atoms with Crippen molar-refractivity contribution in [2.24, 2.45) is 0 Å². The molecule has 0 saturated carbocycles. The summed E-state index contributed by atoms with van der Waals surface area (Å²) in [5, 5.41) is 3.44. The summed E-state index contributed by atoms with van der Waals surface area (Å²) in [7, 11) is 2.07. The first-order valence-electron chi connectivity index (χ1n) is 7.28. The van der Waals surface area contributed by atoms with Crippen molar-refractivity contribution >= 4 is 0 Å². The van der Waals surface area contributed by atoms with Gasteiger partial charge in [-0.2, -0.15) is 0 Å². The molecule has 0 spiro atoms. The van der Waals surface area contributed by atoms with Gasteiger partial charge in [0.15, 0.2) is 0 Å². The first kappa shape index (κ1) is 14.4. The highest BCUT2D eigenvalue weighted by Gasteiger charge is 2.27. The number of likely N-dealkylation sites (tertiary alicyclic amines) is 1. The Kier molecular flexibility index (Phi) is 4.83. The summed E-state index contributed by atoms with van der Waals surface area (Å²) in [5.74, 6) is 0.965. The van der Waals surface area contributed by atoms with Crippen molar-refractivity contribution in [3.05, 3.63) is 29.8 Å². The fourth-order valence-corrected chi connectivity index (χ4v) is 2.57. The molecule has 2 rings (SSSR count). The van der Waals surface area contributed by atoms with E-state index in [0.717, 1.165) is 18.9 Å². The van der Waals surface area contributed by atoms with E-state index in [2.05, 4.69) is 48.5 Å². The molecule has 0 aromatic heterocycles. The molecule has 3 nitrogen and oxygen atoms in total. The van der Waals surface area contributed by atoms with E-state index in [4.69, 9.17) is 4.74 Å². The molecule has 106 valence electrons. The Morgan fingerprint density at radius 3 is 2.37 bits per heavy atom. The van der Waals surface area contributed by atoms with Gasteiger partial charge in [-0.3, -0.25) is 4.90 Å². The van der Waals surface area contributed by atoms with E-state index < -0.39 is 0 Å². The minimum atomic E-state index is 0.329. The van der Waals surface area contributed by atoms with Crippen LogP contribution in [0.25, 0.3) is 0 Å². The predicted molar refractivity (Wildman–Crippen MR) is 79.6 cm³/mol. The van der Waals surface area contributed by atoms with E-state index in [9.17, 15) is 0 Å². The third-order valence-electron chi connectivity index (χ3n) is 4.20. The van der Waals surface area contributed by atoms with Crippen LogP contribution in [0.15, 0.2) is 24.3 Å². The zero-order valence-corrected chi connectivity index (χ0v) is 12.4. The molecule has 1 fully saturated rings. The normalized spacial score (nSPS) is 19.3. The molecule has 0 unspecified atom stereocenters. The van der Waals surface area contributed by atoms with Gasteiger partial charge in [0, 0.05) is 25.2 Å². The van der Waals surface area contributed by atoms with Gasteiger partial charge in [-0.15, -0.1) is 0 Å². The number of hydrogen-bond donors (Lipinski definition) is 1. The van der Waals surface area contributed by atoms with Gasteiger partial charge in [-0.25, -0.2) is 0 Å². The highest BCUT2D eigenvalue weighted by molar-refractivity contribution is 5.27. The monoisotopic (exact) mass is 262 g/mol. The number of hydrogen-bond acceptors (Lipinski definition) is 3. The standard InChI is InChI=1S/C16H26N2O/c1-4-19-15-7-5-14(6-8-15)13-18-11-9-16(2,17-3)10-12-18/h5-8,17H,4,9-13H2,1-3H3. The second-order valence-corrected chi connectivity index (χ2v) is 5.66. The molecule has 1 aromatic rings. The van der Waals surface area contributed by atoms with Gasteiger partial charge >= 0.3 is 0 Å². The lowest BCUT2D eigenvalue weighted by Gasteiger charge is -2.39. The highest BCUT2D eigenvalue weighted by atomic mass is 16.5. The number of rotatable bonds is 5. The summed E-state index contributed by atoms with van der Waals surface area (Å²) in [6, 6.07) is 8.49. The second-order valence-electron chi connectivity index (χ2n) is 5.66. The van der Waals surface area contributed by atoms with E-state index in [0.29, 0.717) is 5.54 Å². The van der Waals surface area contributed by atoms with Gasteiger partial charge < -0.3 is 10.1 Å².